The van der Waals surface area contributed by atoms with Crippen LogP contribution >= 0.6 is 11.6 Å². The molecule has 1 aliphatic heterocycles. The first kappa shape index (κ1) is 17.1. The lowest BCUT2D eigenvalue weighted by molar-refractivity contribution is 0.0954. The highest BCUT2D eigenvalue weighted by Crippen LogP contribution is 2.25. The maximum Gasteiger partial charge on any atom is 0.251 e. The van der Waals surface area contributed by atoms with Crippen molar-refractivity contribution in [3.8, 4) is 0 Å². The zero-order chi connectivity index (χ0) is 18.1. The number of imidazole rings is 1. The summed E-state index contributed by atoms with van der Waals surface area (Å²) in [5.41, 5.74) is 3.73. The van der Waals surface area contributed by atoms with E-state index in [9.17, 15) is 4.79 Å². The molecule has 0 spiro atoms. The van der Waals surface area contributed by atoms with Gasteiger partial charge in [-0.2, -0.15) is 0 Å². The van der Waals surface area contributed by atoms with Gasteiger partial charge in [0.2, 0.25) is 0 Å². The van der Waals surface area contributed by atoms with Crippen molar-refractivity contribution in [2.24, 2.45) is 5.92 Å². The van der Waals surface area contributed by atoms with Gasteiger partial charge in [0.15, 0.2) is 0 Å². The van der Waals surface area contributed by atoms with Crippen LogP contribution in [0.2, 0.25) is 5.02 Å². The zero-order valence-electron chi connectivity index (χ0n) is 14.8. The van der Waals surface area contributed by atoms with Crippen molar-refractivity contribution in [2.45, 2.75) is 32.7 Å². The van der Waals surface area contributed by atoms with E-state index in [-0.39, 0.29) is 5.91 Å². The molecule has 134 valence electrons. The Labute approximate surface area is 158 Å². The van der Waals surface area contributed by atoms with Crippen LogP contribution in [0.15, 0.2) is 42.5 Å². The molecule has 1 aliphatic rings. The highest BCUT2D eigenvalue weighted by Gasteiger charge is 2.19. The van der Waals surface area contributed by atoms with Gasteiger partial charge in [-0.25, -0.2) is 4.98 Å². The average Bonchev–Trinajstić information content (AvgIpc) is 2.99. The Morgan fingerprint density at radius 3 is 3.00 bits per heavy atom. The fourth-order valence-corrected chi connectivity index (χ4v) is 3.83. The van der Waals surface area contributed by atoms with E-state index in [0.29, 0.717) is 24.4 Å². The largest absolute Gasteiger partial charge is 0.352 e. The SMILES string of the molecule is C[C@@H]1CCn2c(nc3cc(C(=O)NCCc4ccccc4Cl)ccc32)C1. The van der Waals surface area contributed by atoms with Gasteiger partial charge in [0.25, 0.3) is 5.91 Å². The van der Waals surface area contributed by atoms with E-state index in [0.717, 1.165) is 40.4 Å². The number of nitrogens with zero attached hydrogens (tertiary/aromatic N) is 2. The number of hydrogen-bond donors (Lipinski definition) is 1. The molecule has 0 saturated carbocycles. The van der Waals surface area contributed by atoms with Crippen molar-refractivity contribution in [3.63, 3.8) is 0 Å². The van der Waals surface area contributed by atoms with Gasteiger partial charge in [-0.1, -0.05) is 36.7 Å². The van der Waals surface area contributed by atoms with E-state index in [1.807, 2.05) is 42.5 Å². The van der Waals surface area contributed by atoms with E-state index >= 15 is 0 Å². The second-order valence-electron chi connectivity index (χ2n) is 7.08. The Balaban J connectivity index is 1.46. The molecule has 1 amide bonds. The minimum absolute atomic E-state index is 0.0710. The predicted molar refractivity (Wildman–Crippen MR) is 105 cm³/mol. The summed E-state index contributed by atoms with van der Waals surface area (Å²) in [6.45, 7) is 3.83. The Morgan fingerprint density at radius 2 is 2.15 bits per heavy atom. The third-order valence-corrected chi connectivity index (χ3v) is 5.47. The molecule has 2 heterocycles. The van der Waals surface area contributed by atoms with Crippen molar-refractivity contribution in [2.75, 3.05) is 6.54 Å². The molecule has 5 heteroatoms. The number of carbonyl (C=O) groups is 1. The average molecular weight is 368 g/mol. The number of fused-ring (bicyclic) bond motifs is 3. The third-order valence-electron chi connectivity index (χ3n) is 5.10. The van der Waals surface area contributed by atoms with Crippen LogP contribution in [0.3, 0.4) is 0 Å². The Kier molecular flexibility index (Phi) is 4.68. The summed E-state index contributed by atoms with van der Waals surface area (Å²) in [6, 6.07) is 13.5. The first-order valence-corrected chi connectivity index (χ1v) is 9.50. The molecule has 4 nitrogen and oxygen atoms in total. The topological polar surface area (TPSA) is 46.9 Å². The number of halogens is 1. The van der Waals surface area contributed by atoms with E-state index in [1.165, 1.54) is 6.42 Å². The van der Waals surface area contributed by atoms with Gasteiger partial charge in [0.1, 0.15) is 5.82 Å². The second-order valence-corrected chi connectivity index (χ2v) is 7.49. The molecule has 0 fully saturated rings. The highest BCUT2D eigenvalue weighted by molar-refractivity contribution is 6.31. The molecule has 0 unspecified atom stereocenters. The minimum Gasteiger partial charge on any atom is -0.352 e. The van der Waals surface area contributed by atoms with Crippen molar-refractivity contribution < 1.29 is 4.79 Å². The van der Waals surface area contributed by atoms with Crippen LogP contribution in [-0.4, -0.2) is 22.0 Å². The number of rotatable bonds is 4. The Morgan fingerprint density at radius 1 is 1.31 bits per heavy atom. The van der Waals surface area contributed by atoms with E-state index in [1.54, 1.807) is 0 Å². The van der Waals surface area contributed by atoms with Gasteiger partial charge in [-0.15, -0.1) is 0 Å². The maximum absolute atomic E-state index is 12.5. The van der Waals surface area contributed by atoms with Gasteiger partial charge in [0, 0.05) is 30.1 Å². The molecule has 0 radical (unpaired) electrons. The molecule has 1 N–H and O–H groups in total. The number of benzene rings is 2. The van der Waals surface area contributed by atoms with Crippen LogP contribution in [0.4, 0.5) is 0 Å². The lowest BCUT2D eigenvalue weighted by atomic mass is 10.0. The Hall–Kier alpha value is -2.33. The molecule has 3 aromatic rings. The lowest BCUT2D eigenvalue weighted by Gasteiger charge is -2.19. The van der Waals surface area contributed by atoms with Crippen molar-refractivity contribution >= 4 is 28.5 Å². The van der Waals surface area contributed by atoms with Gasteiger partial charge in [-0.05, 0) is 48.6 Å². The second kappa shape index (κ2) is 7.12. The van der Waals surface area contributed by atoms with Gasteiger partial charge < -0.3 is 9.88 Å². The summed E-state index contributed by atoms with van der Waals surface area (Å²) >= 11 is 6.16. The minimum atomic E-state index is -0.0710. The molecule has 26 heavy (non-hydrogen) atoms. The number of aromatic nitrogens is 2. The van der Waals surface area contributed by atoms with Crippen LogP contribution in [0, 0.1) is 5.92 Å². The molecule has 0 bridgehead atoms. The van der Waals surface area contributed by atoms with Crippen LogP contribution < -0.4 is 5.32 Å². The fraction of sp³-hybridized carbons (Fsp3) is 0.333. The number of hydrogen-bond acceptors (Lipinski definition) is 2. The molecule has 0 aliphatic carbocycles. The van der Waals surface area contributed by atoms with Gasteiger partial charge in [-0.3, -0.25) is 4.79 Å². The number of aryl methyl sites for hydroxylation is 1. The quantitative estimate of drug-likeness (QED) is 0.749. The molecule has 4 rings (SSSR count). The fourth-order valence-electron chi connectivity index (χ4n) is 3.60. The lowest BCUT2D eigenvalue weighted by Crippen LogP contribution is -2.25. The maximum atomic E-state index is 12.5. The van der Waals surface area contributed by atoms with Crippen LogP contribution in [0.1, 0.15) is 35.1 Å². The van der Waals surface area contributed by atoms with Crippen LogP contribution in [0.25, 0.3) is 11.0 Å². The number of amides is 1. The zero-order valence-corrected chi connectivity index (χ0v) is 15.6. The van der Waals surface area contributed by atoms with Crippen LogP contribution in [-0.2, 0) is 19.4 Å². The normalized spacial score (nSPS) is 16.5. The Bertz CT molecular complexity index is 963. The van der Waals surface area contributed by atoms with Gasteiger partial charge in [0.05, 0.1) is 11.0 Å². The van der Waals surface area contributed by atoms with Crippen molar-refractivity contribution in [1.29, 1.82) is 0 Å². The molecule has 0 saturated heterocycles. The standard InChI is InChI=1S/C21H22ClN3O/c1-14-9-11-25-19-7-6-16(13-18(19)24-20(25)12-14)21(26)23-10-8-15-4-2-3-5-17(15)22/h2-7,13-14H,8-12H2,1H3,(H,23,26)/t14-/m1/s1. The van der Waals surface area contributed by atoms with Crippen molar-refractivity contribution in [1.82, 2.24) is 14.9 Å². The third kappa shape index (κ3) is 3.34. The smallest absolute Gasteiger partial charge is 0.251 e. The summed E-state index contributed by atoms with van der Waals surface area (Å²) in [6.07, 6.45) is 2.90. The van der Waals surface area contributed by atoms with E-state index in [4.69, 9.17) is 16.6 Å². The summed E-state index contributed by atoms with van der Waals surface area (Å²) < 4.78 is 2.29. The van der Waals surface area contributed by atoms with E-state index < -0.39 is 0 Å². The summed E-state index contributed by atoms with van der Waals surface area (Å²) in [7, 11) is 0. The first-order chi connectivity index (χ1) is 12.6. The molecular weight excluding hydrogens is 346 g/mol. The molecule has 2 aromatic carbocycles. The summed E-state index contributed by atoms with van der Waals surface area (Å²) in [5, 5.41) is 3.71. The number of carbonyl (C=O) groups excluding carboxylic acids is 1. The molecule has 1 aromatic heterocycles. The predicted octanol–water partition coefficient (Wildman–Crippen LogP) is 4.24. The first-order valence-electron chi connectivity index (χ1n) is 9.12. The number of nitrogens with one attached hydrogen (secondary N) is 1. The highest BCUT2D eigenvalue weighted by atomic mass is 35.5. The van der Waals surface area contributed by atoms with Crippen LogP contribution in [0.5, 0.6) is 0 Å². The molecule has 1 atom stereocenters. The molecular formula is C21H22ClN3O. The summed E-state index contributed by atoms with van der Waals surface area (Å²) in [5.74, 6) is 1.74. The van der Waals surface area contributed by atoms with E-state index in [2.05, 4.69) is 16.8 Å². The van der Waals surface area contributed by atoms with Gasteiger partial charge >= 0.3 is 0 Å². The summed E-state index contributed by atoms with van der Waals surface area (Å²) in [4.78, 5) is 17.2. The van der Waals surface area contributed by atoms with Crippen molar-refractivity contribution in [3.05, 3.63) is 64.4 Å². The monoisotopic (exact) mass is 367 g/mol.